The first-order valence-corrected chi connectivity index (χ1v) is 10.1. The predicted octanol–water partition coefficient (Wildman–Crippen LogP) is 2.50. The van der Waals surface area contributed by atoms with E-state index in [1.807, 2.05) is 6.92 Å². The summed E-state index contributed by atoms with van der Waals surface area (Å²) in [7, 11) is 0. The van der Waals surface area contributed by atoms with Crippen LogP contribution < -0.4 is 10.6 Å². The number of nitrogens with zero attached hydrogens (tertiary/aromatic N) is 4. The lowest BCUT2D eigenvalue weighted by Gasteiger charge is -2.32. The molecule has 0 spiro atoms. The van der Waals surface area contributed by atoms with Crippen LogP contribution in [0.25, 0.3) is 0 Å². The molecule has 30 heavy (non-hydrogen) atoms. The Hall–Kier alpha value is -1.34. The van der Waals surface area contributed by atoms with Gasteiger partial charge in [-0.25, -0.2) is 4.98 Å². The second kappa shape index (κ2) is 11.9. The topological polar surface area (TPSA) is 65.0 Å². The van der Waals surface area contributed by atoms with Crippen molar-refractivity contribution in [3.63, 3.8) is 0 Å². The van der Waals surface area contributed by atoms with Gasteiger partial charge in [0.25, 0.3) is 0 Å². The number of aromatic nitrogens is 1. The molecular formula is C19H30F3IN6O. The molecule has 1 aromatic heterocycles. The quantitative estimate of drug-likeness (QED) is 0.250. The van der Waals surface area contributed by atoms with E-state index >= 15 is 0 Å². The van der Waals surface area contributed by atoms with Gasteiger partial charge in [0.1, 0.15) is 5.82 Å². The number of alkyl halides is 3. The van der Waals surface area contributed by atoms with E-state index in [9.17, 15) is 13.2 Å². The lowest BCUT2D eigenvalue weighted by atomic mass is 10.2. The van der Waals surface area contributed by atoms with Crippen molar-refractivity contribution >= 4 is 35.8 Å². The molecule has 3 rings (SSSR count). The molecule has 0 amide bonds. The molecule has 0 aliphatic carbocycles. The number of aliphatic imine (C=N–C) groups is 1. The standard InChI is InChI=1S/C19H29F3N6O.HI/c1-2-23-18(28-9-5-15(14-28)27-10-12-29-13-11-27)26-8-7-25-17-16(19(20,21)22)4-3-6-24-17;/h3-4,6,15H,2,5,7-14H2,1H3,(H,23,26)(H,24,25);1H. The summed E-state index contributed by atoms with van der Waals surface area (Å²) in [5, 5.41) is 6.05. The van der Waals surface area contributed by atoms with Crippen LogP contribution >= 0.6 is 24.0 Å². The summed E-state index contributed by atoms with van der Waals surface area (Å²) >= 11 is 0. The highest BCUT2D eigenvalue weighted by atomic mass is 127. The highest BCUT2D eigenvalue weighted by molar-refractivity contribution is 14.0. The van der Waals surface area contributed by atoms with Gasteiger partial charge in [0.15, 0.2) is 5.96 Å². The summed E-state index contributed by atoms with van der Waals surface area (Å²) in [4.78, 5) is 13.1. The monoisotopic (exact) mass is 542 g/mol. The van der Waals surface area contributed by atoms with Crippen LogP contribution in [0.15, 0.2) is 23.3 Å². The van der Waals surface area contributed by atoms with Gasteiger partial charge < -0.3 is 20.3 Å². The van der Waals surface area contributed by atoms with Crippen molar-refractivity contribution in [3.8, 4) is 0 Å². The molecule has 2 saturated heterocycles. The highest BCUT2D eigenvalue weighted by Gasteiger charge is 2.34. The summed E-state index contributed by atoms with van der Waals surface area (Å²) in [5.74, 6) is 0.649. The Bertz CT molecular complexity index is 684. The van der Waals surface area contributed by atoms with Gasteiger partial charge >= 0.3 is 6.18 Å². The smallest absolute Gasteiger partial charge is 0.379 e. The van der Waals surface area contributed by atoms with Crippen LogP contribution in [0.1, 0.15) is 18.9 Å². The van der Waals surface area contributed by atoms with Crippen LogP contribution in [0.3, 0.4) is 0 Å². The third kappa shape index (κ3) is 6.84. The van der Waals surface area contributed by atoms with E-state index in [0.717, 1.165) is 64.4 Å². The van der Waals surface area contributed by atoms with Gasteiger partial charge in [-0.15, -0.1) is 24.0 Å². The average molecular weight is 542 g/mol. The lowest BCUT2D eigenvalue weighted by Crippen LogP contribution is -2.46. The Kier molecular flexibility index (Phi) is 9.88. The number of guanidine groups is 1. The van der Waals surface area contributed by atoms with Crippen molar-refractivity contribution in [1.29, 1.82) is 0 Å². The number of ether oxygens (including phenoxy) is 1. The number of rotatable bonds is 6. The number of halogens is 4. The SMILES string of the molecule is CCNC(=NCCNc1ncccc1C(F)(F)F)N1CCC(N2CCOCC2)C1.I. The summed E-state index contributed by atoms with van der Waals surface area (Å²) in [5.41, 5.74) is -0.760. The molecule has 0 radical (unpaired) electrons. The molecule has 7 nitrogen and oxygen atoms in total. The zero-order chi connectivity index (χ0) is 20.7. The molecule has 2 N–H and O–H groups in total. The Morgan fingerprint density at radius 1 is 1.30 bits per heavy atom. The molecule has 0 bridgehead atoms. The van der Waals surface area contributed by atoms with E-state index in [-0.39, 0.29) is 36.3 Å². The van der Waals surface area contributed by atoms with Crippen molar-refractivity contribution in [2.75, 3.05) is 64.3 Å². The van der Waals surface area contributed by atoms with Crippen molar-refractivity contribution < 1.29 is 17.9 Å². The minimum atomic E-state index is -4.43. The number of pyridine rings is 1. The first-order valence-electron chi connectivity index (χ1n) is 10.1. The first-order chi connectivity index (χ1) is 14.0. The zero-order valence-electron chi connectivity index (χ0n) is 17.1. The second-order valence-corrected chi connectivity index (χ2v) is 7.10. The van der Waals surface area contributed by atoms with Crippen LogP contribution in [0.5, 0.6) is 0 Å². The van der Waals surface area contributed by atoms with E-state index in [1.165, 1.54) is 12.3 Å². The van der Waals surface area contributed by atoms with Gasteiger partial charge in [0.2, 0.25) is 0 Å². The largest absolute Gasteiger partial charge is 0.419 e. The van der Waals surface area contributed by atoms with Gasteiger partial charge in [-0.05, 0) is 25.5 Å². The van der Waals surface area contributed by atoms with Crippen molar-refractivity contribution in [1.82, 2.24) is 20.1 Å². The summed E-state index contributed by atoms with van der Waals surface area (Å²) < 4.78 is 44.6. The molecule has 2 aliphatic heterocycles. The van der Waals surface area contributed by atoms with E-state index in [1.54, 1.807) is 0 Å². The molecule has 1 atom stereocenters. The first kappa shape index (κ1) is 24.9. The Labute approximate surface area is 192 Å². The van der Waals surface area contributed by atoms with E-state index in [4.69, 9.17) is 4.74 Å². The van der Waals surface area contributed by atoms with E-state index in [2.05, 4.69) is 30.4 Å². The molecule has 2 aliphatic rings. The minimum absolute atomic E-state index is 0. The van der Waals surface area contributed by atoms with Crippen LogP contribution in [0.2, 0.25) is 0 Å². The molecule has 2 fully saturated rings. The number of nitrogens with one attached hydrogen (secondary N) is 2. The van der Waals surface area contributed by atoms with Gasteiger partial charge in [-0.1, -0.05) is 0 Å². The molecule has 1 aromatic rings. The van der Waals surface area contributed by atoms with Crippen LogP contribution in [0.4, 0.5) is 19.0 Å². The van der Waals surface area contributed by atoms with E-state index < -0.39 is 11.7 Å². The van der Waals surface area contributed by atoms with Gasteiger partial charge in [0, 0.05) is 51.5 Å². The average Bonchev–Trinajstić information content (AvgIpc) is 3.21. The predicted molar refractivity (Wildman–Crippen MR) is 121 cm³/mol. The van der Waals surface area contributed by atoms with Crippen LogP contribution in [-0.2, 0) is 10.9 Å². The third-order valence-electron chi connectivity index (χ3n) is 5.14. The Balaban J connectivity index is 0.00000320. The number of hydrogen-bond donors (Lipinski definition) is 2. The normalized spacial score (nSPS) is 20.7. The van der Waals surface area contributed by atoms with Crippen LogP contribution in [0, 0.1) is 0 Å². The highest BCUT2D eigenvalue weighted by Crippen LogP contribution is 2.33. The molecular weight excluding hydrogens is 512 g/mol. The number of hydrogen-bond acceptors (Lipinski definition) is 5. The van der Waals surface area contributed by atoms with E-state index in [0.29, 0.717) is 12.6 Å². The molecule has 0 aromatic carbocycles. The molecule has 1 unspecified atom stereocenters. The fraction of sp³-hybridized carbons (Fsp3) is 0.684. The lowest BCUT2D eigenvalue weighted by molar-refractivity contribution is -0.137. The molecule has 3 heterocycles. The third-order valence-corrected chi connectivity index (χ3v) is 5.14. The number of likely N-dealkylation sites (tertiary alicyclic amines) is 1. The van der Waals surface area contributed by atoms with Gasteiger partial charge in [-0.2, -0.15) is 13.2 Å². The fourth-order valence-corrected chi connectivity index (χ4v) is 3.71. The second-order valence-electron chi connectivity index (χ2n) is 7.10. The van der Waals surface area contributed by atoms with Gasteiger partial charge in [-0.3, -0.25) is 9.89 Å². The Morgan fingerprint density at radius 2 is 2.07 bits per heavy atom. The number of morpholine rings is 1. The van der Waals surface area contributed by atoms with Crippen molar-refractivity contribution in [2.24, 2.45) is 4.99 Å². The Morgan fingerprint density at radius 3 is 2.77 bits per heavy atom. The zero-order valence-corrected chi connectivity index (χ0v) is 19.5. The number of anilines is 1. The maximum Gasteiger partial charge on any atom is 0.419 e. The maximum atomic E-state index is 13.0. The van der Waals surface area contributed by atoms with Crippen molar-refractivity contribution in [3.05, 3.63) is 23.9 Å². The summed E-state index contributed by atoms with van der Waals surface area (Å²) in [6.45, 7) is 8.68. The minimum Gasteiger partial charge on any atom is -0.379 e. The molecule has 170 valence electrons. The van der Waals surface area contributed by atoms with Crippen molar-refractivity contribution in [2.45, 2.75) is 25.6 Å². The van der Waals surface area contributed by atoms with Crippen LogP contribution in [-0.4, -0.2) is 85.8 Å². The maximum absolute atomic E-state index is 13.0. The van der Waals surface area contributed by atoms with Gasteiger partial charge in [0.05, 0.1) is 25.3 Å². The molecule has 0 saturated carbocycles. The fourth-order valence-electron chi connectivity index (χ4n) is 3.71. The summed E-state index contributed by atoms with van der Waals surface area (Å²) in [6.07, 6.45) is -2.01. The molecule has 11 heteroatoms. The summed E-state index contributed by atoms with van der Waals surface area (Å²) in [6, 6.07) is 2.80.